The molecular formula is C26H21ClN2O4. The van der Waals surface area contributed by atoms with Crippen LogP contribution in [0.4, 0.5) is 5.69 Å². The van der Waals surface area contributed by atoms with Crippen molar-refractivity contribution < 1.29 is 19.1 Å². The van der Waals surface area contributed by atoms with E-state index in [1.807, 2.05) is 38.1 Å². The number of aryl methyl sites for hydroxylation is 1. The van der Waals surface area contributed by atoms with Crippen LogP contribution in [0.2, 0.25) is 5.02 Å². The van der Waals surface area contributed by atoms with Crippen molar-refractivity contribution in [1.29, 1.82) is 0 Å². The summed E-state index contributed by atoms with van der Waals surface area (Å²) in [5.41, 5.74) is 2.96. The summed E-state index contributed by atoms with van der Waals surface area (Å²) in [6, 6.07) is 17.9. The van der Waals surface area contributed by atoms with E-state index in [1.165, 1.54) is 0 Å². The third-order valence-corrected chi connectivity index (χ3v) is 6.36. The zero-order valence-electron chi connectivity index (χ0n) is 18.1. The normalized spacial score (nSPS) is 19.5. The molecule has 3 amide bonds. The van der Waals surface area contributed by atoms with Crippen LogP contribution >= 0.6 is 11.6 Å². The fourth-order valence-corrected chi connectivity index (χ4v) is 4.83. The second-order valence-electron chi connectivity index (χ2n) is 8.06. The number of carbonyl (C=O) groups excluding carboxylic acids is 3. The highest BCUT2D eigenvalue weighted by Gasteiger charge is 2.57. The van der Waals surface area contributed by atoms with Gasteiger partial charge in [0.25, 0.3) is 17.7 Å². The Morgan fingerprint density at radius 2 is 1.48 bits per heavy atom. The Balaban J connectivity index is 1.58. The van der Waals surface area contributed by atoms with Crippen molar-refractivity contribution in [1.82, 2.24) is 4.90 Å². The molecule has 166 valence electrons. The van der Waals surface area contributed by atoms with Crippen molar-refractivity contribution in [3.8, 4) is 5.75 Å². The maximum Gasteiger partial charge on any atom is 0.262 e. The number of anilines is 1. The summed E-state index contributed by atoms with van der Waals surface area (Å²) in [6.07, 6.45) is 0. The summed E-state index contributed by atoms with van der Waals surface area (Å²) in [6.45, 7) is 4.32. The van der Waals surface area contributed by atoms with Crippen LogP contribution in [0.25, 0.3) is 0 Å². The lowest BCUT2D eigenvalue weighted by molar-refractivity contribution is -0.130. The van der Waals surface area contributed by atoms with Gasteiger partial charge in [0.2, 0.25) is 0 Å². The van der Waals surface area contributed by atoms with Gasteiger partial charge in [-0.1, -0.05) is 35.9 Å². The molecule has 2 heterocycles. The first-order valence-corrected chi connectivity index (χ1v) is 11.1. The zero-order chi connectivity index (χ0) is 23.3. The molecule has 5 rings (SSSR count). The number of rotatable bonds is 5. The van der Waals surface area contributed by atoms with Crippen molar-refractivity contribution >= 4 is 35.0 Å². The molecule has 0 unspecified atom stereocenters. The predicted octanol–water partition coefficient (Wildman–Crippen LogP) is 4.80. The van der Waals surface area contributed by atoms with E-state index >= 15 is 0 Å². The quantitative estimate of drug-likeness (QED) is 0.405. The highest BCUT2D eigenvalue weighted by atomic mass is 35.5. The van der Waals surface area contributed by atoms with Gasteiger partial charge in [-0.25, -0.2) is 0 Å². The zero-order valence-corrected chi connectivity index (χ0v) is 18.9. The number of benzene rings is 3. The maximum atomic E-state index is 13.5. The second kappa shape index (κ2) is 8.05. The van der Waals surface area contributed by atoms with E-state index in [-0.39, 0.29) is 5.91 Å². The number of imide groups is 1. The molecular weight excluding hydrogens is 440 g/mol. The molecule has 33 heavy (non-hydrogen) atoms. The number of hydrogen-bond acceptors (Lipinski definition) is 4. The maximum absolute atomic E-state index is 13.5. The van der Waals surface area contributed by atoms with Crippen molar-refractivity contribution in [3.05, 3.63) is 94.0 Å². The van der Waals surface area contributed by atoms with E-state index in [2.05, 4.69) is 0 Å². The number of nitrogens with zero attached hydrogens (tertiary/aromatic N) is 2. The van der Waals surface area contributed by atoms with Gasteiger partial charge >= 0.3 is 0 Å². The topological polar surface area (TPSA) is 66.9 Å². The van der Waals surface area contributed by atoms with Gasteiger partial charge in [-0.15, -0.1) is 0 Å². The largest absolute Gasteiger partial charge is 0.494 e. The molecule has 0 radical (unpaired) electrons. The number of amides is 3. The Hall–Kier alpha value is -3.64. The summed E-state index contributed by atoms with van der Waals surface area (Å²) >= 11 is 6.13. The highest BCUT2D eigenvalue weighted by Crippen LogP contribution is 2.45. The number of carbonyl (C=O) groups is 3. The van der Waals surface area contributed by atoms with E-state index in [0.717, 1.165) is 16.0 Å². The van der Waals surface area contributed by atoms with E-state index in [1.54, 1.807) is 47.4 Å². The van der Waals surface area contributed by atoms with Crippen LogP contribution in [0.15, 0.2) is 66.7 Å². The van der Waals surface area contributed by atoms with Crippen LogP contribution in [0, 0.1) is 6.92 Å². The van der Waals surface area contributed by atoms with E-state index < -0.39 is 23.9 Å². The molecule has 0 bridgehead atoms. The molecule has 2 atom stereocenters. The molecule has 1 fully saturated rings. The van der Waals surface area contributed by atoms with Crippen LogP contribution in [0.3, 0.4) is 0 Å². The minimum absolute atomic E-state index is 0.311. The van der Waals surface area contributed by atoms with Gasteiger partial charge in [-0.3, -0.25) is 19.3 Å². The highest BCUT2D eigenvalue weighted by molar-refractivity contribution is 6.30. The third kappa shape index (κ3) is 3.29. The SMILES string of the molecule is CCOc1ccc([C@@H]2[C@@H](N3C(=O)c4ccccc4C3=O)C(=O)N2c2ccc(Cl)cc2C)cc1. The molecule has 0 spiro atoms. The lowest BCUT2D eigenvalue weighted by Crippen LogP contribution is -2.67. The molecule has 2 aliphatic rings. The van der Waals surface area contributed by atoms with Crippen molar-refractivity contribution in [2.45, 2.75) is 25.9 Å². The summed E-state index contributed by atoms with van der Waals surface area (Å²) in [5, 5.41) is 0.568. The van der Waals surface area contributed by atoms with Gasteiger partial charge in [-0.05, 0) is 67.4 Å². The average Bonchev–Trinajstić information content (AvgIpc) is 3.05. The van der Waals surface area contributed by atoms with Gasteiger partial charge in [-0.2, -0.15) is 0 Å². The van der Waals surface area contributed by atoms with Crippen molar-refractivity contribution in [2.75, 3.05) is 11.5 Å². The van der Waals surface area contributed by atoms with Crippen molar-refractivity contribution in [3.63, 3.8) is 0 Å². The number of hydrogen-bond donors (Lipinski definition) is 0. The lowest BCUT2D eigenvalue weighted by atomic mass is 9.85. The summed E-state index contributed by atoms with van der Waals surface area (Å²) in [7, 11) is 0. The first-order chi connectivity index (χ1) is 15.9. The third-order valence-electron chi connectivity index (χ3n) is 6.12. The van der Waals surface area contributed by atoms with Gasteiger partial charge in [0, 0.05) is 10.7 Å². The van der Waals surface area contributed by atoms with Crippen LogP contribution < -0.4 is 9.64 Å². The van der Waals surface area contributed by atoms with E-state index in [4.69, 9.17) is 16.3 Å². The molecule has 0 N–H and O–H groups in total. The molecule has 2 aliphatic heterocycles. The molecule has 0 aromatic heterocycles. The minimum atomic E-state index is -0.939. The van der Waals surface area contributed by atoms with Gasteiger partial charge < -0.3 is 9.64 Å². The number of fused-ring (bicyclic) bond motifs is 1. The Labute approximate surface area is 196 Å². The Morgan fingerprint density at radius 1 is 0.848 bits per heavy atom. The summed E-state index contributed by atoms with van der Waals surface area (Å²) < 4.78 is 5.55. The first kappa shape index (κ1) is 21.2. The van der Waals surface area contributed by atoms with E-state index in [9.17, 15) is 14.4 Å². The fraction of sp³-hybridized carbons (Fsp3) is 0.192. The minimum Gasteiger partial charge on any atom is -0.494 e. The molecule has 3 aromatic carbocycles. The average molecular weight is 461 g/mol. The summed E-state index contributed by atoms with van der Waals surface area (Å²) in [5.74, 6) is -0.498. The van der Waals surface area contributed by atoms with Crippen LogP contribution in [0.1, 0.15) is 44.8 Å². The van der Waals surface area contributed by atoms with Gasteiger partial charge in [0.1, 0.15) is 11.8 Å². The monoisotopic (exact) mass is 460 g/mol. The van der Waals surface area contributed by atoms with Crippen molar-refractivity contribution in [2.24, 2.45) is 0 Å². The molecule has 6 nitrogen and oxygen atoms in total. The fourth-order valence-electron chi connectivity index (χ4n) is 4.60. The number of halogens is 1. The standard InChI is InChI=1S/C26H21ClN2O4/c1-3-33-18-11-8-16(9-12-18)22-23(26(32)28(22)21-13-10-17(27)14-15(21)2)29-24(30)19-6-4-5-7-20(19)25(29)31/h4-14,22-23H,3H2,1-2H3/t22-,23-/m1/s1. The van der Waals surface area contributed by atoms with E-state index in [0.29, 0.717) is 34.2 Å². The van der Waals surface area contributed by atoms with Crippen LogP contribution in [-0.4, -0.2) is 35.3 Å². The lowest BCUT2D eigenvalue weighted by Gasteiger charge is -2.50. The Kier molecular flexibility index (Phi) is 5.17. The number of ether oxygens (including phenoxy) is 1. The van der Waals surface area contributed by atoms with Gasteiger partial charge in [0.15, 0.2) is 0 Å². The first-order valence-electron chi connectivity index (χ1n) is 10.7. The molecule has 3 aromatic rings. The predicted molar refractivity (Wildman–Crippen MR) is 125 cm³/mol. The molecule has 0 aliphatic carbocycles. The second-order valence-corrected chi connectivity index (χ2v) is 8.49. The Bertz CT molecular complexity index is 1250. The number of β-lactam (4-membered cyclic amide) rings is 1. The molecule has 7 heteroatoms. The summed E-state index contributed by atoms with van der Waals surface area (Å²) in [4.78, 5) is 42.6. The molecule has 1 saturated heterocycles. The smallest absolute Gasteiger partial charge is 0.262 e. The Morgan fingerprint density at radius 3 is 2.06 bits per heavy atom. The molecule has 0 saturated carbocycles. The van der Waals surface area contributed by atoms with Crippen LogP contribution in [-0.2, 0) is 4.79 Å². The van der Waals surface area contributed by atoms with Gasteiger partial charge in [0.05, 0.1) is 23.8 Å². The van der Waals surface area contributed by atoms with Crippen LogP contribution in [0.5, 0.6) is 5.75 Å².